The number of esters is 1. The van der Waals surface area contributed by atoms with Crippen molar-refractivity contribution in [1.82, 2.24) is 0 Å². The van der Waals surface area contributed by atoms with Crippen LogP contribution < -0.4 is 5.73 Å². The number of ether oxygens (including phenoxy) is 1. The second-order valence-electron chi connectivity index (χ2n) is 5.18. The number of rotatable bonds is 6. The minimum atomic E-state index is -4.27. The molecule has 0 unspecified atom stereocenters. The monoisotopic (exact) mass is 426 g/mol. The van der Waals surface area contributed by atoms with Crippen LogP contribution in [0.3, 0.4) is 0 Å². The minimum Gasteiger partial charge on any atom is -0.744 e. The molecule has 2 N–H and O–H groups in total. The van der Waals surface area contributed by atoms with Gasteiger partial charge in [-0.15, -0.1) is 0 Å². The molecule has 1 aromatic rings. The zero-order valence-corrected chi connectivity index (χ0v) is 16.9. The molecule has 0 aliphatic carbocycles. The third-order valence-corrected chi connectivity index (χ3v) is 5.38. The first kappa shape index (κ1) is 24.5. The number of hydrogen-bond donors (Lipinski definition) is 1. The zero-order valence-electron chi connectivity index (χ0n) is 14.5. The first-order chi connectivity index (χ1) is 11.8. The molecule has 0 amide bonds. The van der Waals surface area contributed by atoms with Crippen LogP contribution in [0.25, 0.3) is 0 Å². The average Bonchev–Trinajstić information content (AvgIpc) is 2.46. The van der Waals surface area contributed by atoms with E-state index in [0.29, 0.717) is 0 Å². The van der Waals surface area contributed by atoms with Gasteiger partial charge >= 0.3 is 5.97 Å². The van der Waals surface area contributed by atoms with Crippen LogP contribution in [-0.4, -0.2) is 46.3 Å². The summed E-state index contributed by atoms with van der Waals surface area (Å²) in [6.45, 7) is 3.75. The van der Waals surface area contributed by atoms with E-state index in [1.54, 1.807) is 19.1 Å². The van der Waals surface area contributed by atoms with Crippen molar-refractivity contribution >= 4 is 37.5 Å². The lowest BCUT2D eigenvalue weighted by atomic mass is 10.2. The topological polar surface area (TPSA) is 144 Å². The van der Waals surface area contributed by atoms with Gasteiger partial charge in [-0.05, 0) is 32.1 Å². The fourth-order valence-corrected chi connectivity index (χ4v) is 2.52. The van der Waals surface area contributed by atoms with Gasteiger partial charge in [-0.25, -0.2) is 16.8 Å². The Balaban J connectivity index is 0.000000502. The number of benzene rings is 1. The maximum atomic E-state index is 11.0. The third-order valence-electron chi connectivity index (χ3n) is 2.72. The largest absolute Gasteiger partial charge is 0.744 e. The molecule has 1 atom stereocenters. The summed E-state index contributed by atoms with van der Waals surface area (Å²) in [4.78, 5) is 10.8. The van der Waals surface area contributed by atoms with Gasteiger partial charge in [0.15, 0.2) is 9.84 Å². The second-order valence-corrected chi connectivity index (χ2v) is 9.18. The molecule has 0 heterocycles. The summed E-state index contributed by atoms with van der Waals surface area (Å²) in [6, 6.07) is 5.02. The molecule has 0 aliphatic heterocycles. The fraction of sp³-hybridized carbons (Fsp3) is 0.400. The highest BCUT2D eigenvalue weighted by Gasteiger charge is 2.13. The van der Waals surface area contributed by atoms with Crippen LogP contribution in [0, 0.1) is 6.92 Å². The van der Waals surface area contributed by atoms with Gasteiger partial charge in [-0.3, -0.25) is 4.79 Å². The Kier molecular flexibility index (Phi) is 10.0. The molecule has 0 spiro atoms. The number of carbonyl (C=O) groups excluding carboxylic acids is 1. The summed E-state index contributed by atoms with van der Waals surface area (Å²) in [5, 5.41) is 0. The second kappa shape index (κ2) is 10.6. The summed E-state index contributed by atoms with van der Waals surface area (Å²) in [7, 11) is -7.72. The molecule has 1 rings (SSSR count). The van der Waals surface area contributed by atoms with E-state index in [9.17, 15) is 26.2 Å². The summed E-state index contributed by atoms with van der Waals surface area (Å²) >= 11 is 5.45. The average molecular weight is 427 g/mol. The van der Waals surface area contributed by atoms with Crippen LogP contribution in [0.2, 0.25) is 0 Å². The predicted molar refractivity (Wildman–Crippen MR) is 97.1 cm³/mol. The van der Waals surface area contributed by atoms with Crippen molar-refractivity contribution in [2.75, 3.05) is 12.9 Å². The van der Waals surface area contributed by atoms with Gasteiger partial charge in [0.05, 0.1) is 17.9 Å². The molecule has 0 aliphatic rings. The van der Waals surface area contributed by atoms with Crippen LogP contribution in [0.15, 0.2) is 39.6 Å². The van der Waals surface area contributed by atoms with E-state index in [-0.39, 0.29) is 22.3 Å². The molecule has 0 saturated heterocycles. The molecule has 1 aromatic carbocycles. The van der Waals surface area contributed by atoms with E-state index in [0.717, 1.165) is 17.9 Å². The Bertz CT molecular complexity index is 831. The van der Waals surface area contributed by atoms with Crippen molar-refractivity contribution in [2.45, 2.75) is 31.2 Å². The summed E-state index contributed by atoms with van der Waals surface area (Å²) in [5.74, 6) is -0.487. The molecular formula is C15H21ClNO7S2-. The molecule has 0 radical (unpaired) electrons. The lowest BCUT2D eigenvalue weighted by Crippen LogP contribution is -2.23. The van der Waals surface area contributed by atoms with Crippen molar-refractivity contribution in [3.63, 3.8) is 0 Å². The Morgan fingerprint density at radius 3 is 2.15 bits per heavy atom. The molecule has 0 aromatic heterocycles. The first-order valence-electron chi connectivity index (χ1n) is 7.28. The zero-order chi connectivity index (χ0) is 20.5. The highest BCUT2D eigenvalue weighted by atomic mass is 35.5. The first-order valence-corrected chi connectivity index (χ1v) is 11.0. The quantitative estimate of drug-likeness (QED) is 0.529. The summed E-state index contributed by atoms with van der Waals surface area (Å²) < 4.78 is 57.3. The Labute approximate surface area is 158 Å². The predicted octanol–water partition coefficient (Wildman–Crippen LogP) is 1.29. The number of carbonyl (C=O) groups is 1. The minimum absolute atomic E-state index is 0.0976. The van der Waals surface area contributed by atoms with Crippen molar-refractivity contribution < 1.29 is 30.9 Å². The smallest absolute Gasteiger partial charge is 0.307 e. The van der Waals surface area contributed by atoms with E-state index in [1.165, 1.54) is 12.1 Å². The van der Waals surface area contributed by atoms with Crippen LogP contribution >= 0.6 is 11.6 Å². The number of hydrogen-bond acceptors (Lipinski definition) is 8. The van der Waals surface area contributed by atoms with Crippen molar-refractivity contribution in [2.24, 2.45) is 5.73 Å². The van der Waals surface area contributed by atoms with E-state index in [1.807, 2.05) is 6.92 Å². The number of aryl methyl sites for hydroxylation is 1. The van der Waals surface area contributed by atoms with Crippen molar-refractivity contribution in [1.29, 1.82) is 0 Å². The Morgan fingerprint density at radius 2 is 1.77 bits per heavy atom. The lowest BCUT2D eigenvalue weighted by molar-refractivity contribution is -0.143. The number of nitrogens with two attached hydrogens (primary N) is 1. The number of halogens is 1. The van der Waals surface area contributed by atoms with Gasteiger partial charge in [0.25, 0.3) is 0 Å². The Morgan fingerprint density at radius 1 is 1.27 bits per heavy atom. The third kappa shape index (κ3) is 10.5. The van der Waals surface area contributed by atoms with Crippen LogP contribution in [0.4, 0.5) is 0 Å². The molecule has 148 valence electrons. The standard InChI is InChI=1S/C8H14ClNO4S.C7H8O3S/c1-3-14-8(11)5-6(10)4-7(9)15(2,12)13;1-6-2-4-7(5-3-6)11(8,9)10/h4,6H,3,5,10H2,1-2H3;2-5H,1H3,(H,8,9,10)/p-1/b7-4+;/t6-;/m1./s1. The molecule has 26 heavy (non-hydrogen) atoms. The van der Waals surface area contributed by atoms with Crippen LogP contribution in [-0.2, 0) is 29.5 Å². The van der Waals surface area contributed by atoms with Crippen molar-refractivity contribution in [3.8, 4) is 0 Å². The molecule has 11 heteroatoms. The van der Waals surface area contributed by atoms with Crippen LogP contribution in [0.5, 0.6) is 0 Å². The van der Waals surface area contributed by atoms with Gasteiger partial charge in [-0.2, -0.15) is 0 Å². The number of sulfone groups is 1. The van der Waals surface area contributed by atoms with Gasteiger partial charge in [0, 0.05) is 12.3 Å². The Hall–Kier alpha value is -1.46. The van der Waals surface area contributed by atoms with E-state index >= 15 is 0 Å². The van der Waals surface area contributed by atoms with Gasteiger partial charge < -0.3 is 15.0 Å². The lowest BCUT2D eigenvalue weighted by Gasteiger charge is -2.06. The maximum Gasteiger partial charge on any atom is 0.307 e. The molecule has 0 fully saturated rings. The fourth-order valence-electron chi connectivity index (χ4n) is 1.47. The molecule has 8 nitrogen and oxygen atoms in total. The van der Waals surface area contributed by atoms with Gasteiger partial charge in [0.2, 0.25) is 0 Å². The molecule has 0 saturated carbocycles. The van der Waals surface area contributed by atoms with E-state index < -0.39 is 32.0 Å². The highest BCUT2D eigenvalue weighted by molar-refractivity contribution is 7.96. The summed E-state index contributed by atoms with van der Waals surface area (Å²) in [5.41, 5.74) is 6.40. The van der Waals surface area contributed by atoms with E-state index in [2.05, 4.69) is 4.74 Å². The molecular weight excluding hydrogens is 406 g/mol. The molecule has 0 bridgehead atoms. The van der Waals surface area contributed by atoms with Gasteiger partial charge in [0.1, 0.15) is 14.5 Å². The van der Waals surface area contributed by atoms with Crippen LogP contribution in [0.1, 0.15) is 18.9 Å². The summed E-state index contributed by atoms with van der Waals surface area (Å²) in [6.07, 6.45) is 1.98. The van der Waals surface area contributed by atoms with Crippen molar-refractivity contribution in [3.05, 3.63) is 40.3 Å². The van der Waals surface area contributed by atoms with E-state index in [4.69, 9.17) is 17.3 Å². The highest BCUT2D eigenvalue weighted by Crippen LogP contribution is 2.11. The van der Waals surface area contributed by atoms with Gasteiger partial charge in [-0.1, -0.05) is 29.3 Å². The SMILES string of the molecule is CCOC(=O)C[C@H](N)/C=C(\Cl)S(C)(=O)=O.Cc1ccc(S(=O)(=O)[O-])cc1. The normalized spacial score (nSPS) is 13.4. The maximum absolute atomic E-state index is 11.0.